The van der Waals surface area contributed by atoms with Crippen molar-refractivity contribution in [2.75, 3.05) is 21.3 Å². The van der Waals surface area contributed by atoms with E-state index < -0.39 is 17.7 Å². The minimum atomic E-state index is -0.465. The van der Waals surface area contributed by atoms with Gasteiger partial charge in [-0.1, -0.05) is 36.4 Å². The highest BCUT2D eigenvalue weighted by molar-refractivity contribution is 5.93. The van der Waals surface area contributed by atoms with Crippen molar-refractivity contribution in [3.63, 3.8) is 0 Å². The van der Waals surface area contributed by atoms with Crippen molar-refractivity contribution in [3.8, 4) is 0 Å². The molecule has 10 nitrogen and oxygen atoms in total. The van der Waals surface area contributed by atoms with Crippen LogP contribution in [0.25, 0.3) is 0 Å². The molecule has 0 aliphatic heterocycles. The van der Waals surface area contributed by atoms with Crippen LogP contribution in [0.5, 0.6) is 0 Å². The van der Waals surface area contributed by atoms with Gasteiger partial charge in [0.25, 0.3) is 0 Å². The quantitative estimate of drug-likeness (QED) is 0.246. The minimum absolute atomic E-state index is 0.458. The van der Waals surface area contributed by atoms with E-state index in [-0.39, 0.29) is 0 Å². The fourth-order valence-corrected chi connectivity index (χ4v) is 3.27. The molecule has 0 fully saturated rings. The second-order valence-corrected chi connectivity index (χ2v) is 7.33. The number of nitrogens with zero attached hydrogens (tertiary/aromatic N) is 1. The van der Waals surface area contributed by atoms with Gasteiger partial charge in [0.05, 0.1) is 0 Å². The highest BCUT2D eigenvalue weighted by Crippen LogP contribution is 2.16. The van der Waals surface area contributed by atoms with Crippen LogP contribution in [0.1, 0.15) is 47.8 Å². The van der Waals surface area contributed by atoms with Gasteiger partial charge in [-0.15, -0.1) is 0 Å². The predicted molar refractivity (Wildman–Crippen MR) is 142 cm³/mol. The van der Waals surface area contributed by atoms with Crippen molar-refractivity contribution in [2.45, 2.75) is 19.6 Å². The molecule has 200 valence electrons. The molecule has 9 N–H and O–H groups in total. The number of amides is 3. The number of hydrogen-bond donors (Lipinski definition) is 6. The van der Waals surface area contributed by atoms with Gasteiger partial charge in [-0.25, -0.2) is 0 Å². The number of primary amides is 3. The van der Waals surface area contributed by atoms with Crippen LogP contribution in [-0.4, -0.2) is 59.3 Å². The monoisotopic (exact) mass is 512 g/mol. The first-order valence-electron chi connectivity index (χ1n) is 11.0. The molecule has 37 heavy (non-hydrogen) atoms. The fraction of sp³-hybridized carbons (Fsp3) is 0.222. The van der Waals surface area contributed by atoms with Gasteiger partial charge in [0.2, 0.25) is 17.7 Å². The molecule has 0 aromatic heterocycles. The Morgan fingerprint density at radius 1 is 0.486 bits per heavy atom. The number of benzene rings is 3. The minimum Gasteiger partial charge on any atom is -0.400 e. The summed E-state index contributed by atoms with van der Waals surface area (Å²) in [4.78, 5) is 36.1. The second kappa shape index (κ2) is 18.2. The number of aliphatic hydroxyl groups excluding tert-OH is 3. The molecular formula is C27H36N4O6. The van der Waals surface area contributed by atoms with E-state index in [1.54, 1.807) is 36.4 Å². The molecule has 0 aliphatic carbocycles. The molecule has 0 spiro atoms. The summed E-state index contributed by atoms with van der Waals surface area (Å²) >= 11 is 0. The maximum absolute atomic E-state index is 11.3. The lowest BCUT2D eigenvalue weighted by molar-refractivity contribution is 0.0992. The average molecular weight is 513 g/mol. The summed E-state index contributed by atoms with van der Waals surface area (Å²) in [7, 11) is 3.00. The topological polar surface area (TPSA) is 193 Å². The highest BCUT2D eigenvalue weighted by atomic mass is 16.2. The normalized spacial score (nSPS) is 9.49. The van der Waals surface area contributed by atoms with E-state index in [4.69, 9.17) is 32.5 Å². The van der Waals surface area contributed by atoms with Crippen LogP contribution >= 0.6 is 0 Å². The molecule has 0 atom stereocenters. The van der Waals surface area contributed by atoms with Gasteiger partial charge in [0.15, 0.2) is 0 Å². The third-order valence-corrected chi connectivity index (χ3v) is 4.93. The Kier molecular flexibility index (Phi) is 16.2. The van der Waals surface area contributed by atoms with Crippen molar-refractivity contribution in [1.82, 2.24) is 4.90 Å². The lowest BCUT2D eigenvalue weighted by Gasteiger charge is -2.23. The van der Waals surface area contributed by atoms with Crippen LogP contribution in [-0.2, 0) is 19.6 Å². The van der Waals surface area contributed by atoms with Crippen LogP contribution in [0.3, 0.4) is 0 Å². The van der Waals surface area contributed by atoms with E-state index in [2.05, 4.69) is 4.90 Å². The van der Waals surface area contributed by atoms with Crippen molar-refractivity contribution >= 4 is 17.7 Å². The number of hydrogen-bond acceptors (Lipinski definition) is 7. The van der Waals surface area contributed by atoms with Gasteiger partial charge >= 0.3 is 0 Å². The molecule has 0 radical (unpaired) electrons. The molecular weight excluding hydrogens is 476 g/mol. The zero-order valence-corrected chi connectivity index (χ0v) is 21.3. The molecule has 3 rings (SSSR count). The Bertz CT molecular complexity index is 944. The maximum atomic E-state index is 11.3. The van der Waals surface area contributed by atoms with E-state index in [0.29, 0.717) is 36.3 Å². The highest BCUT2D eigenvalue weighted by Gasteiger charge is 2.11. The van der Waals surface area contributed by atoms with Gasteiger partial charge in [-0.3, -0.25) is 19.3 Å². The molecule has 10 heteroatoms. The predicted octanol–water partition coefficient (Wildman–Crippen LogP) is 1.01. The molecule has 0 unspecified atom stereocenters. The van der Waals surface area contributed by atoms with E-state index in [0.717, 1.165) is 38.0 Å². The maximum Gasteiger partial charge on any atom is 0.248 e. The number of carbonyl (C=O) groups is 3. The van der Waals surface area contributed by atoms with E-state index in [1.165, 1.54) is 0 Å². The van der Waals surface area contributed by atoms with E-state index >= 15 is 0 Å². The number of aliphatic hydroxyl groups is 3. The zero-order valence-electron chi connectivity index (χ0n) is 21.3. The first-order chi connectivity index (χ1) is 17.8. The number of rotatable bonds is 9. The second-order valence-electron chi connectivity index (χ2n) is 7.33. The molecule has 0 heterocycles. The van der Waals surface area contributed by atoms with Gasteiger partial charge in [0.1, 0.15) is 0 Å². The first-order valence-corrected chi connectivity index (χ1v) is 11.0. The van der Waals surface area contributed by atoms with Crippen LogP contribution in [0, 0.1) is 0 Å². The van der Waals surface area contributed by atoms with Gasteiger partial charge in [-0.05, 0) is 53.1 Å². The Morgan fingerprint density at radius 3 is 0.838 bits per heavy atom. The molecule has 0 saturated carbocycles. The standard InChI is InChI=1S/C24H24N4O3.3CH4O/c25-22(29)19-7-1-16(2-8-19)13-28(14-17-3-9-20(10-4-17)23(26)30)15-18-5-11-21(12-6-18)24(27)31;3*1-2/h1-12H,13-15H2,(H2,25,29)(H2,26,30)(H2,27,31);3*2H,1H3. The van der Waals surface area contributed by atoms with Crippen molar-refractivity contribution in [2.24, 2.45) is 17.2 Å². The summed E-state index contributed by atoms with van der Waals surface area (Å²) in [5.74, 6) is -1.40. The van der Waals surface area contributed by atoms with Crippen LogP contribution in [0.15, 0.2) is 72.8 Å². The number of nitrogens with two attached hydrogens (primary N) is 3. The third kappa shape index (κ3) is 11.5. The summed E-state index contributed by atoms with van der Waals surface area (Å²) in [5.41, 5.74) is 20.4. The largest absolute Gasteiger partial charge is 0.400 e. The van der Waals surface area contributed by atoms with Crippen LogP contribution in [0.2, 0.25) is 0 Å². The molecule has 0 bridgehead atoms. The van der Waals surface area contributed by atoms with Gasteiger partial charge < -0.3 is 32.5 Å². The van der Waals surface area contributed by atoms with Crippen molar-refractivity contribution < 1.29 is 29.7 Å². The Balaban J connectivity index is 0.00000201. The Morgan fingerprint density at radius 2 is 0.676 bits per heavy atom. The Hall–Kier alpha value is -4.09. The van der Waals surface area contributed by atoms with Crippen molar-refractivity contribution in [1.29, 1.82) is 0 Å². The summed E-state index contributed by atoms with van der Waals surface area (Å²) in [6.45, 7) is 1.86. The third-order valence-electron chi connectivity index (χ3n) is 4.93. The van der Waals surface area contributed by atoms with Gasteiger partial charge in [-0.2, -0.15) is 0 Å². The van der Waals surface area contributed by atoms with Crippen LogP contribution < -0.4 is 17.2 Å². The van der Waals surface area contributed by atoms with Crippen LogP contribution in [0.4, 0.5) is 0 Å². The zero-order chi connectivity index (χ0) is 28.4. The SMILES string of the molecule is CO.CO.CO.NC(=O)c1ccc(CN(Cc2ccc(C(N)=O)cc2)Cc2ccc(C(N)=O)cc2)cc1. The molecule has 0 aliphatic rings. The molecule has 0 saturated heterocycles. The van der Waals surface area contributed by atoms with E-state index in [9.17, 15) is 14.4 Å². The molecule has 3 amide bonds. The Labute approximate surface area is 216 Å². The average Bonchev–Trinajstić information content (AvgIpc) is 2.93. The smallest absolute Gasteiger partial charge is 0.248 e. The first kappa shape index (κ1) is 32.9. The van der Waals surface area contributed by atoms with Gasteiger partial charge in [0, 0.05) is 57.7 Å². The summed E-state index contributed by atoms with van der Waals surface area (Å²) in [5, 5.41) is 21.0. The molecule has 3 aromatic rings. The lowest BCUT2D eigenvalue weighted by Crippen LogP contribution is -2.23. The van der Waals surface area contributed by atoms with E-state index in [1.807, 2.05) is 36.4 Å². The summed E-state index contributed by atoms with van der Waals surface area (Å²) in [6.07, 6.45) is 0. The fourth-order valence-electron chi connectivity index (χ4n) is 3.27. The van der Waals surface area contributed by atoms with Crippen molar-refractivity contribution in [3.05, 3.63) is 106 Å². The lowest BCUT2D eigenvalue weighted by atomic mass is 10.1. The number of carbonyl (C=O) groups excluding carboxylic acids is 3. The molecule has 3 aromatic carbocycles. The summed E-state index contributed by atoms with van der Waals surface area (Å²) in [6, 6.07) is 21.5. The summed E-state index contributed by atoms with van der Waals surface area (Å²) < 4.78 is 0.